The highest BCUT2D eigenvalue weighted by Crippen LogP contribution is 2.20. The van der Waals surface area contributed by atoms with Crippen molar-refractivity contribution in [1.82, 2.24) is 15.1 Å². The second-order valence-corrected chi connectivity index (χ2v) is 6.43. The number of nitrogens with one attached hydrogen (secondary N) is 1. The molecule has 2 aliphatic heterocycles. The summed E-state index contributed by atoms with van der Waals surface area (Å²) in [6, 6.07) is 0. The molecule has 3 heteroatoms. The van der Waals surface area contributed by atoms with Crippen molar-refractivity contribution in [3.8, 4) is 0 Å². The van der Waals surface area contributed by atoms with Crippen molar-refractivity contribution >= 4 is 0 Å². The van der Waals surface area contributed by atoms with Gasteiger partial charge in [0.15, 0.2) is 0 Å². The van der Waals surface area contributed by atoms with E-state index in [1.165, 1.54) is 90.8 Å². The Bertz CT molecular complexity index is 218. The zero-order valence-electron chi connectivity index (χ0n) is 12.9. The molecule has 2 rings (SSSR count). The molecule has 0 saturated carbocycles. The molecule has 0 aromatic heterocycles. The summed E-state index contributed by atoms with van der Waals surface area (Å²) >= 11 is 0. The molecule has 112 valence electrons. The van der Waals surface area contributed by atoms with E-state index < -0.39 is 0 Å². The van der Waals surface area contributed by atoms with Crippen LogP contribution in [0.25, 0.3) is 0 Å². The van der Waals surface area contributed by atoms with Crippen molar-refractivity contribution in [2.24, 2.45) is 5.92 Å². The molecular weight excluding hydrogens is 234 g/mol. The quantitative estimate of drug-likeness (QED) is 0.763. The molecule has 3 nitrogen and oxygen atoms in total. The summed E-state index contributed by atoms with van der Waals surface area (Å²) in [5.41, 5.74) is 0. The second kappa shape index (κ2) is 8.93. The summed E-state index contributed by atoms with van der Waals surface area (Å²) in [7, 11) is 2.07. The van der Waals surface area contributed by atoms with Gasteiger partial charge in [0, 0.05) is 0 Å². The third-order valence-electron chi connectivity index (χ3n) is 4.91. The van der Waals surface area contributed by atoms with Gasteiger partial charge in [-0.05, 0) is 97.3 Å². The summed E-state index contributed by atoms with van der Waals surface area (Å²) in [6.07, 6.45) is 9.90. The van der Waals surface area contributed by atoms with E-state index >= 15 is 0 Å². The van der Waals surface area contributed by atoms with Crippen LogP contribution in [-0.4, -0.2) is 62.7 Å². The van der Waals surface area contributed by atoms with Crippen molar-refractivity contribution in [2.75, 3.05) is 52.9 Å². The molecule has 0 atom stereocenters. The van der Waals surface area contributed by atoms with E-state index in [-0.39, 0.29) is 0 Å². The van der Waals surface area contributed by atoms with Crippen molar-refractivity contribution in [3.63, 3.8) is 0 Å². The van der Waals surface area contributed by atoms with Crippen molar-refractivity contribution in [2.45, 2.75) is 44.9 Å². The highest BCUT2D eigenvalue weighted by molar-refractivity contribution is 4.73. The molecule has 0 aromatic rings. The average Bonchev–Trinajstić information content (AvgIpc) is 2.47. The van der Waals surface area contributed by atoms with E-state index in [9.17, 15) is 0 Å². The van der Waals surface area contributed by atoms with Crippen molar-refractivity contribution in [3.05, 3.63) is 0 Å². The van der Waals surface area contributed by atoms with Crippen LogP contribution in [0.5, 0.6) is 0 Å². The van der Waals surface area contributed by atoms with Gasteiger partial charge in [-0.1, -0.05) is 6.42 Å². The lowest BCUT2D eigenvalue weighted by Crippen LogP contribution is -2.37. The first-order valence-electron chi connectivity index (χ1n) is 8.48. The van der Waals surface area contributed by atoms with Crippen molar-refractivity contribution in [1.29, 1.82) is 0 Å². The van der Waals surface area contributed by atoms with E-state index in [1.54, 1.807) is 0 Å². The molecule has 0 spiro atoms. The van der Waals surface area contributed by atoms with Crippen LogP contribution in [0.4, 0.5) is 0 Å². The number of nitrogens with zero attached hydrogens (tertiary/aromatic N) is 2. The highest BCUT2D eigenvalue weighted by Gasteiger charge is 2.18. The van der Waals surface area contributed by atoms with Gasteiger partial charge < -0.3 is 15.1 Å². The number of piperidine rings is 2. The van der Waals surface area contributed by atoms with E-state index in [0.29, 0.717) is 0 Å². The summed E-state index contributed by atoms with van der Waals surface area (Å²) in [5, 5.41) is 3.28. The van der Waals surface area contributed by atoms with Crippen LogP contribution in [0.1, 0.15) is 44.9 Å². The minimum Gasteiger partial charge on any atom is -0.320 e. The molecule has 2 aliphatic rings. The number of hydrogen-bond acceptors (Lipinski definition) is 3. The fourth-order valence-electron chi connectivity index (χ4n) is 3.55. The monoisotopic (exact) mass is 267 g/mol. The van der Waals surface area contributed by atoms with E-state index in [2.05, 4.69) is 22.2 Å². The molecule has 19 heavy (non-hydrogen) atoms. The maximum atomic E-state index is 3.28. The third kappa shape index (κ3) is 5.80. The Balaban J connectivity index is 1.50. The van der Waals surface area contributed by atoms with Crippen LogP contribution < -0.4 is 5.32 Å². The normalized spacial score (nSPS) is 23.8. The van der Waals surface area contributed by atoms with Gasteiger partial charge in [-0.25, -0.2) is 0 Å². The topological polar surface area (TPSA) is 18.5 Å². The molecule has 0 bridgehead atoms. The molecule has 0 radical (unpaired) electrons. The highest BCUT2D eigenvalue weighted by atomic mass is 15.1. The van der Waals surface area contributed by atoms with Gasteiger partial charge in [-0.15, -0.1) is 0 Å². The van der Waals surface area contributed by atoms with Gasteiger partial charge >= 0.3 is 0 Å². The molecule has 1 N–H and O–H groups in total. The first-order chi connectivity index (χ1) is 9.38. The minimum atomic E-state index is 0.978. The van der Waals surface area contributed by atoms with Crippen molar-refractivity contribution < 1.29 is 0 Å². The van der Waals surface area contributed by atoms with Crippen LogP contribution in [0.3, 0.4) is 0 Å². The van der Waals surface area contributed by atoms with Gasteiger partial charge in [0.25, 0.3) is 0 Å². The molecule has 0 amide bonds. The van der Waals surface area contributed by atoms with Crippen LogP contribution in [0, 0.1) is 5.92 Å². The SMILES string of the molecule is CNCCC1CCN(CCCN2CCCCC2)CC1. The Labute approximate surface area is 119 Å². The summed E-state index contributed by atoms with van der Waals surface area (Å²) in [4.78, 5) is 5.36. The lowest BCUT2D eigenvalue weighted by molar-refractivity contribution is 0.161. The Hall–Kier alpha value is -0.120. The van der Waals surface area contributed by atoms with Crippen LogP contribution >= 0.6 is 0 Å². The lowest BCUT2D eigenvalue weighted by Gasteiger charge is -2.33. The van der Waals surface area contributed by atoms with Gasteiger partial charge in [0.05, 0.1) is 0 Å². The van der Waals surface area contributed by atoms with Gasteiger partial charge in [0.1, 0.15) is 0 Å². The number of hydrogen-bond donors (Lipinski definition) is 1. The summed E-state index contributed by atoms with van der Waals surface area (Å²) in [5.74, 6) is 0.978. The maximum Gasteiger partial charge on any atom is -0.000654 e. The third-order valence-corrected chi connectivity index (χ3v) is 4.91. The Morgan fingerprint density at radius 3 is 2.16 bits per heavy atom. The molecule has 2 saturated heterocycles. The van der Waals surface area contributed by atoms with Gasteiger partial charge in [-0.3, -0.25) is 0 Å². The van der Waals surface area contributed by atoms with Crippen LogP contribution in [0.15, 0.2) is 0 Å². The molecule has 0 aliphatic carbocycles. The Kier molecular flexibility index (Phi) is 7.18. The second-order valence-electron chi connectivity index (χ2n) is 6.43. The number of likely N-dealkylation sites (tertiary alicyclic amines) is 2. The van der Waals surface area contributed by atoms with E-state index in [1.807, 2.05) is 0 Å². The fraction of sp³-hybridized carbons (Fsp3) is 1.00. The van der Waals surface area contributed by atoms with Gasteiger partial charge in [0.2, 0.25) is 0 Å². The van der Waals surface area contributed by atoms with E-state index in [0.717, 1.165) is 5.92 Å². The first-order valence-corrected chi connectivity index (χ1v) is 8.48. The molecule has 2 fully saturated rings. The molecular formula is C16H33N3. The smallest absolute Gasteiger partial charge is 0.000654 e. The summed E-state index contributed by atoms with van der Waals surface area (Å²) in [6.45, 7) is 9.25. The molecule has 0 aromatic carbocycles. The minimum absolute atomic E-state index is 0.978. The fourth-order valence-corrected chi connectivity index (χ4v) is 3.55. The zero-order chi connectivity index (χ0) is 13.3. The van der Waals surface area contributed by atoms with Crippen LogP contribution in [-0.2, 0) is 0 Å². The first kappa shape index (κ1) is 15.3. The van der Waals surface area contributed by atoms with E-state index in [4.69, 9.17) is 0 Å². The average molecular weight is 267 g/mol. The Morgan fingerprint density at radius 1 is 0.895 bits per heavy atom. The predicted octanol–water partition coefficient (Wildman–Crippen LogP) is 2.18. The predicted molar refractivity (Wildman–Crippen MR) is 82.6 cm³/mol. The lowest BCUT2D eigenvalue weighted by atomic mass is 9.93. The maximum absolute atomic E-state index is 3.28. The molecule has 0 unspecified atom stereocenters. The number of rotatable bonds is 7. The summed E-state index contributed by atoms with van der Waals surface area (Å²) < 4.78 is 0. The Morgan fingerprint density at radius 2 is 1.53 bits per heavy atom. The standard InChI is InChI=1S/C16H33N3/c1-17-9-6-16-7-14-19(15-8-16)13-5-12-18-10-3-2-4-11-18/h16-17H,2-15H2,1H3. The molecule has 2 heterocycles. The largest absolute Gasteiger partial charge is 0.320 e. The zero-order valence-corrected chi connectivity index (χ0v) is 12.9. The van der Waals surface area contributed by atoms with Crippen LogP contribution in [0.2, 0.25) is 0 Å². The van der Waals surface area contributed by atoms with Gasteiger partial charge in [-0.2, -0.15) is 0 Å².